The van der Waals surface area contributed by atoms with Gasteiger partial charge in [0.1, 0.15) is 0 Å². The van der Waals surface area contributed by atoms with E-state index in [1.807, 2.05) is 24.2 Å². The SMILES string of the molecule is CCN1C=CC(=C(C=C2C=CC(=O)C=C2)CS(=O)(=O)[O-])C=C1. The van der Waals surface area contributed by atoms with Gasteiger partial charge in [-0.1, -0.05) is 18.2 Å². The van der Waals surface area contributed by atoms with Gasteiger partial charge in [-0.25, -0.2) is 8.42 Å². The lowest BCUT2D eigenvalue weighted by atomic mass is 10.0. The van der Waals surface area contributed by atoms with Crippen LogP contribution < -0.4 is 0 Å². The fourth-order valence-corrected chi connectivity index (χ4v) is 2.68. The van der Waals surface area contributed by atoms with E-state index in [9.17, 15) is 17.8 Å². The summed E-state index contributed by atoms with van der Waals surface area (Å²) in [5.74, 6) is -0.721. The normalized spacial score (nSPS) is 17.4. The van der Waals surface area contributed by atoms with Crippen molar-refractivity contribution in [2.24, 2.45) is 0 Å². The van der Waals surface area contributed by atoms with Crippen molar-refractivity contribution in [3.63, 3.8) is 0 Å². The maximum Gasteiger partial charge on any atom is 0.178 e. The molecule has 0 bridgehead atoms. The second kappa shape index (κ2) is 6.72. The third-order valence-corrected chi connectivity index (χ3v) is 3.84. The number of hydrogen-bond donors (Lipinski definition) is 0. The van der Waals surface area contributed by atoms with E-state index < -0.39 is 15.9 Å². The van der Waals surface area contributed by atoms with Crippen molar-refractivity contribution in [2.75, 3.05) is 12.3 Å². The van der Waals surface area contributed by atoms with E-state index >= 15 is 0 Å². The zero-order chi connectivity index (χ0) is 16.2. The minimum atomic E-state index is -4.40. The number of ketones is 1. The summed E-state index contributed by atoms with van der Waals surface area (Å²) in [7, 11) is -4.40. The second-order valence-corrected chi connectivity index (χ2v) is 6.26. The van der Waals surface area contributed by atoms with E-state index in [0.717, 1.165) is 6.54 Å². The summed E-state index contributed by atoms with van der Waals surface area (Å²) in [6.07, 6.45) is 14.8. The summed E-state index contributed by atoms with van der Waals surface area (Å²) in [4.78, 5) is 13.0. The highest BCUT2D eigenvalue weighted by atomic mass is 32.2. The number of nitrogens with zero attached hydrogens (tertiary/aromatic N) is 1. The molecule has 22 heavy (non-hydrogen) atoms. The highest BCUT2D eigenvalue weighted by Gasteiger charge is 2.09. The number of allylic oxidation sites excluding steroid dienone is 9. The van der Waals surface area contributed by atoms with E-state index in [0.29, 0.717) is 16.7 Å². The van der Waals surface area contributed by atoms with E-state index in [4.69, 9.17) is 0 Å². The Morgan fingerprint density at radius 1 is 1.14 bits per heavy atom. The van der Waals surface area contributed by atoms with Crippen LogP contribution in [0.5, 0.6) is 0 Å². The molecule has 2 rings (SSSR count). The molecule has 0 spiro atoms. The summed E-state index contributed by atoms with van der Waals surface area (Å²) >= 11 is 0. The standard InChI is InChI=1S/C16H17NO4S/c1-2-17-9-7-14(8-10-17)15(12-22(19,20)21)11-13-3-5-16(18)6-4-13/h3-11H,2,12H2,1H3,(H,19,20,21)/p-1. The average molecular weight is 318 g/mol. The first-order chi connectivity index (χ1) is 10.4. The van der Waals surface area contributed by atoms with Gasteiger partial charge in [0.05, 0.1) is 15.9 Å². The van der Waals surface area contributed by atoms with Crippen molar-refractivity contribution in [3.8, 4) is 0 Å². The summed E-state index contributed by atoms with van der Waals surface area (Å²) in [6, 6.07) is 0. The highest BCUT2D eigenvalue weighted by Crippen LogP contribution is 2.19. The van der Waals surface area contributed by atoms with Crippen molar-refractivity contribution < 1.29 is 17.8 Å². The molecular formula is C16H16NO4S-. The molecule has 0 unspecified atom stereocenters. The minimum Gasteiger partial charge on any atom is -0.748 e. The van der Waals surface area contributed by atoms with Crippen LogP contribution in [0, 0.1) is 0 Å². The topological polar surface area (TPSA) is 77.5 Å². The molecule has 0 atom stereocenters. The zero-order valence-electron chi connectivity index (χ0n) is 12.1. The van der Waals surface area contributed by atoms with Gasteiger partial charge in [-0.05, 0) is 47.9 Å². The maximum atomic E-state index is 11.1. The Morgan fingerprint density at radius 2 is 1.73 bits per heavy atom. The first kappa shape index (κ1) is 16.2. The van der Waals surface area contributed by atoms with Crippen LogP contribution >= 0.6 is 0 Å². The molecule has 6 heteroatoms. The molecule has 1 aliphatic carbocycles. The first-order valence-electron chi connectivity index (χ1n) is 6.78. The van der Waals surface area contributed by atoms with Crippen molar-refractivity contribution in [2.45, 2.75) is 6.92 Å². The second-order valence-electron chi connectivity index (χ2n) is 4.86. The molecule has 0 N–H and O–H groups in total. The first-order valence-corrected chi connectivity index (χ1v) is 8.36. The Labute approximate surface area is 130 Å². The molecule has 0 saturated heterocycles. The van der Waals surface area contributed by atoms with Crippen LogP contribution in [0.2, 0.25) is 0 Å². The van der Waals surface area contributed by atoms with Gasteiger partial charge in [0.2, 0.25) is 0 Å². The lowest BCUT2D eigenvalue weighted by Crippen LogP contribution is -2.12. The predicted molar refractivity (Wildman–Crippen MR) is 83.6 cm³/mol. The molecule has 0 aromatic rings. The van der Waals surface area contributed by atoms with Crippen LogP contribution in [0.3, 0.4) is 0 Å². The quantitative estimate of drug-likeness (QED) is 0.739. The minimum absolute atomic E-state index is 0.126. The van der Waals surface area contributed by atoms with Gasteiger partial charge in [0.15, 0.2) is 5.78 Å². The van der Waals surface area contributed by atoms with E-state index in [2.05, 4.69) is 0 Å². The fraction of sp³-hybridized carbons (Fsp3) is 0.188. The molecule has 0 aromatic heterocycles. The van der Waals surface area contributed by atoms with Gasteiger partial charge in [-0.3, -0.25) is 4.79 Å². The Bertz CT molecular complexity index is 715. The number of carbonyl (C=O) groups excluding carboxylic acids is 1. The van der Waals surface area contributed by atoms with Crippen molar-refractivity contribution in [3.05, 3.63) is 71.7 Å². The zero-order valence-corrected chi connectivity index (χ0v) is 12.9. The number of carbonyl (C=O) groups is 1. The molecule has 0 fully saturated rings. The van der Waals surface area contributed by atoms with Gasteiger partial charge < -0.3 is 9.45 Å². The van der Waals surface area contributed by atoms with Gasteiger partial charge in [0.25, 0.3) is 0 Å². The van der Waals surface area contributed by atoms with Gasteiger partial charge >= 0.3 is 0 Å². The molecular weight excluding hydrogens is 302 g/mol. The van der Waals surface area contributed by atoms with Crippen LogP contribution in [-0.2, 0) is 14.9 Å². The largest absolute Gasteiger partial charge is 0.748 e. The lowest BCUT2D eigenvalue weighted by molar-refractivity contribution is -0.110. The van der Waals surface area contributed by atoms with Gasteiger partial charge in [0, 0.05) is 18.9 Å². The average Bonchev–Trinajstić information content (AvgIpc) is 2.48. The van der Waals surface area contributed by atoms with Crippen molar-refractivity contribution >= 4 is 15.9 Å². The Morgan fingerprint density at radius 3 is 2.23 bits per heavy atom. The summed E-state index contributed by atoms with van der Waals surface area (Å²) < 4.78 is 33.4. The molecule has 1 heterocycles. The molecule has 0 saturated carbocycles. The monoisotopic (exact) mass is 318 g/mol. The molecule has 0 amide bonds. The molecule has 116 valence electrons. The Kier molecular flexibility index (Phi) is 4.95. The summed E-state index contributed by atoms with van der Waals surface area (Å²) in [5, 5.41) is 0. The van der Waals surface area contributed by atoms with Crippen molar-refractivity contribution in [1.82, 2.24) is 4.90 Å². The highest BCUT2D eigenvalue weighted by molar-refractivity contribution is 7.85. The predicted octanol–water partition coefficient (Wildman–Crippen LogP) is 1.81. The Hall–Kier alpha value is -2.18. The van der Waals surface area contributed by atoms with Crippen LogP contribution in [0.25, 0.3) is 0 Å². The van der Waals surface area contributed by atoms with Gasteiger partial charge in [-0.15, -0.1) is 0 Å². The van der Waals surface area contributed by atoms with E-state index in [1.54, 1.807) is 30.4 Å². The van der Waals surface area contributed by atoms with E-state index in [-0.39, 0.29) is 5.78 Å². The molecule has 1 aliphatic heterocycles. The number of rotatable bonds is 4. The smallest absolute Gasteiger partial charge is 0.178 e. The summed E-state index contributed by atoms with van der Waals surface area (Å²) in [6.45, 7) is 2.78. The Balaban J connectivity index is 2.39. The van der Waals surface area contributed by atoms with Crippen LogP contribution in [0.15, 0.2) is 71.7 Å². The van der Waals surface area contributed by atoms with Crippen LogP contribution in [0.1, 0.15) is 6.92 Å². The molecule has 0 radical (unpaired) electrons. The van der Waals surface area contributed by atoms with Gasteiger partial charge in [-0.2, -0.15) is 0 Å². The van der Waals surface area contributed by atoms with E-state index in [1.165, 1.54) is 12.2 Å². The third-order valence-electron chi connectivity index (χ3n) is 3.18. The molecule has 5 nitrogen and oxygen atoms in total. The van der Waals surface area contributed by atoms with Crippen molar-refractivity contribution in [1.29, 1.82) is 0 Å². The maximum absolute atomic E-state index is 11.1. The molecule has 0 aromatic carbocycles. The number of hydrogen-bond acceptors (Lipinski definition) is 5. The van der Waals surface area contributed by atoms with Crippen LogP contribution in [-0.4, -0.2) is 36.0 Å². The third kappa shape index (κ3) is 4.68. The molecule has 2 aliphatic rings. The van der Waals surface area contributed by atoms with Crippen LogP contribution in [0.4, 0.5) is 0 Å². The summed E-state index contributed by atoms with van der Waals surface area (Å²) in [5.41, 5.74) is 1.73. The fourth-order valence-electron chi connectivity index (χ4n) is 2.05. The lowest BCUT2D eigenvalue weighted by Gasteiger charge is -2.18.